The third-order valence-electron chi connectivity index (χ3n) is 6.61. The maximum Gasteiger partial charge on any atom is 0.261 e. The van der Waals surface area contributed by atoms with Crippen molar-refractivity contribution in [2.75, 3.05) is 20.2 Å². The summed E-state index contributed by atoms with van der Waals surface area (Å²) in [5.41, 5.74) is -0.171. The third-order valence-corrected chi connectivity index (χ3v) is 11.7. The molecular weight excluding hydrogens is 362 g/mol. The number of aliphatic hydroxyl groups is 1. The largest absolute Gasteiger partial charge is 0.403 e. The molecule has 4 heteroatoms. The molecule has 1 N–H and O–H groups in total. The van der Waals surface area contributed by atoms with E-state index in [1.165, 1.54) is 10.4 Å². The molecule has 0 unspecified atom stereocenters. The number of likely N-dealkylation sites (N-methyl/N-ethyl adjacent to an activating group) is 1. The lowest BCUT2D eigenvalue weighted by atomic mass is 9.94. The number of rotatable bonds is 6. The molecule has 0 radical (unpaired) electrons. The summed E-state index contributed by atoms with van der Waals surface area (Å²) >= 11 is 0. The zero-order valence-corrected chi connectivity index (χ0v) is 19.0. The van der Waals surface area contributed by atoms with Gasteiger partial charge in [0.1, 0.15) is 0 Å². The van der Waals surface area contributed by atoms with Crippen LogP contribution >= 0.6 is 0 Å². The van der Waals surface area contributed by atoms with Gasteiger partial charge in [0.05, 0.1) is 12.7 Å². The highest BCUT2D eigenvalue weighted by Crippen LogP contribution is 2.41. The van der Waals surface area contributed by atoms with Crippen LogP contribution < -0.4 is 10.4 Å². The van der Waals surface area contributed by atoms with Crippen LogP contribution in [-0.4, -0.2) is 50.2 Å². The minimum atomic E-state index is -2.54. The number of hydrogen-bond acceptors (Lipinski definition) is 3. The molecule has 2 aromatic rings. The Balaban J connectivity index is 2.10. The average molecular weight is 398 g/mol. The molecule has 1 fully saturated rings. The van der Waals surface area contributed by atoms with Gasteiger partial charge in [-0.1, -0.05) is 88.4 Å². The maximum absolute atomic E-state index is 10.1. The van der Waals surface area contributed by atoms with Crippen LogP contribution in [0.2, 0.25) is 5.04 Å². The van der Waals surface area contributed by atoms with Crippen LogP contribution in [-0.2, 0) is 4.43 Å². The second-order valence-electron chi connectivity index (χ2n) is 9.22. The van der Waals surface area contributed by atoms with Crippen LogP contribution in [0.3, 0.4) is 0 Å². The number of hydrogen-bond donors (Lipinski definition) is 1. The average Bonchev–Trinajstić information content (AvgIpc) is 3.02. The van der Waals surface area contributed by atoms with E-state index in [9.17, 15) is 5.11 Å². The van der Waals surface area contributed by atoms with Crippen molar-refractivity contribution in [3.63, 3.8) is 0 Å². The molecule has 3 rings (SSSR count). The van der Waals surface area contributed by atoms with Crippen molar-refractivity contribution in [3.05, 3.63) is 60.7 Å². The highest BCUT2D eigenvalue weighted by Gasteiger charge is 2.53. The lowest BCUT2D eigenvalue weighted by molar-refractivity contribution is 0.0797. The van der Waals surface area contributed by atoms with Crippen molar-refractivity contribution in [2.45, 2.75) is 57.2 Å². The van der Waals surface area contributed by atoms with Gasteiger partial charge < -0.3 is 9.53 Å². The van der Waals surface area contributed by atoms with Crippen molar-refractivity contribution in [3.8, 4) is 0 Å². The van der Waals surface area contributed by atoms with Crippen LogP contribution in [0.15, 0.2) is 60.7 Å². The topological polar surface area (TPSA) is 32.7 Å². The number of benzene rings is 2. The minimum absolute atomic E-state index is 0.0229. The summed E-state index contributed by atoms with van der Waals surface area (Å²) < 4.78 is 7.25. The Morgan fingerprint density at radius 1 is 1.04 bits per heavy atom. The number of nitrogens with zero attached hydrogens (tertiary/aromatic N) is 1. The molecule has 0 aromatic heterocycles. The molecule has 2 aromatic carbocycles. The highest BCUT2D eigenvalue weighted by atomic mass is 28.4. The summed E-state index contributed by atoms with van der Waals surface area (Å²) in [6.45, 7) is 10.2. The van der Waals surface area contributed by atoms with Gasteiger partial charge in [0.15, 0.2) is 0 Å². The van der Waals surface area contributed by atoms with E-state index in [1.54, 1.807) is 0 Å². The summed E-state index contributed by atoms with van der Waals surface area (Å²) in [5.74, 6) is 0. The Labute approximate surface area is 171 Å². The van der Waals surface area contributed by atoms with Crippen LogP contribution in [0.4, 0.5) is 0 Å². The van der Waals surface area contributed by atoms with Crippen LogP contribution in [0.5, 0.6) is 0 Å². The summed E-state index contributed by atoms with van der Waals surface area (Å²) in [6, 6.07) is 21.6. The molecule has 152 valence electrons. The van der Waals surface area contributed by atoms with Crippen molar-refractivity contribution < 1.29 is 9.53 Å². The Morgan fingerprint density at radius 2 is 1.54 bits per heavy atom. The fourth-order valence-electron chi connectivity index (χ4n) is 4.87. The zero-order chi connectivity index (χ0) is 20.4. The third kappa shape index (κ3) is 3.59. The Hall–Kier alpha value is -1.46. The van der Waals surface area contributed by atoms with Gasteiger partial charge in [-0.3, -0.25) is 4.90 Å². The van der Waals surface area contributed by atoms with Gasteiger partial charge in [-0.2, -0.15) is 0 Å². The Bertz CT molecular complexity index is 714. The van der Waals surface area contributed by atoms with E-state index in [-0.39, 0.29) is 23.3 Å². The Morgan fingerprint density at radius 3 is 1.89 bits per heavy atom. The van der Waals surface area contributed by atoms with E-state index in [1.807, 2.05) is 0 Å². The molecule has 0 amide bonds. The van der Waals surface area contributed by atoms with Gasteiger partial charge in [-0.05, 0) is 35.3 Å². The molecule has 3 nitrogen and oxygen atoms in total. The Kier molecular flexibility index (Phi) is 6.16. The standard InChI is InChI=1S/C24H35NO2Si/c1-6-24(19-26)17-20(18-25(24)5)27-28(23(2,3)4,21-13-9-7-10-14-21)22-15-11-8-12-16-22/h7-16,20,26H,6,17-19H2,1-5H3/t20-,24+/m1/s1. The van der Waals surface area contributed by atoms with E-state index in [4.69, 9.17) is 4.43 Å². The molecule has 1 aliphatic rings. The fraction of sp³-hybridized carbons (Fsp3) is 0.500. The highest BCUT2D eigenvalue weighted by molar-refractivity contribution is 6.99. The molecule has 1 aliphatic heterocycles. The normalized spacial score (nSPS) is 23.9. The van der Waals surface area contributed by atoms with E-state index >= 15 is 0 Å². The predicted octanol–water partition coefficient (Wildman–Crippen LogP) is 3.41. The van der Waals surface area contributed by atoms with E-state index in [2.05, 4.69) is 100 Å². The van der Waals surface area contributed by atoms with Gasteiger partial charge in [-0.15, -0.1) is 0 Å². The van der Waals surface area contributed by atoms with Gasteiger partial charge in [0, 0.05) is 12.1 Å². The smallest absolute Gasteiger partial charge is 0.261 e. The van der Waals surface area contributed by atoms with E-state index in [0.717, 1.165) is 19.4 Å². The van der Waals surface area contributed by atoms with Gasteiger partial charge in [0.2, 0.25) is 0 Å². The predicted molar refractivity (Wildman–Crippen MR) is 120 cm³/mol. The molecule has 1 heterocycles. The van der Waals surface area contributed by atoms with Crippen molar-refractivity contribution in [1.82, 2.24) is 4.90 Å². The van der Waals surface area contributed by atoms with Crippen LogP contribution in [0.1, 0.15) is 40.5 Å². The van der Waals surface area contributed by atoms with E-state index in [0.29, 0.717) is 0 Å². The molecule has 2 atom stereocenters. The first-order valence-electron chi connectivity index (χ1n) is 10.4. The first-order valence-corrected chi connectivity index (χ1v) is 12.3. The van der Waals surface area contributed by atoms with Gasteiger partial charge in [-0.25, -0.2) is 0 Å². The SMILES string of the molecule is CC[C@@]1(CO)C[C@@H](O[Si](c2ccccc2)(c2ccccc2)C(C)(C)C)CN1C. The molecule has 0 spiro atoms. The van der Waals surface area contributed by atoms with Crippen molar-refractivity contribution in [2.24, 2.45) is 0 Å². The summed E-state index contributed by atoms with van der Waals surface area (Å²) in [7, 11) is -0.421. The molecule has 0 saturated carbocycles. The number of likely N-dealkylation sites (tertiary alicyclic amines) is 1. The summed E-state index contributed by atoms with van der Waals surface area (Å²) in [4.78, 5) is 2.30. The molecule has 0 aliphatic carbocycles. The fourth-order valence-corrected chi connectivity index (χ4v) is 9.55. The molecule has 28 heavy (non-hydrogen) atoms. The van der Waals surface area contributed by atoms with Crippen molar-refractivity contribution >= 4 is 18.7 Å². The van der Waals surface area contributed by atoms with Crippen LogP contribution in [0, 0.1) is 0 Å². The second kappa shape index (κ2) is 8.11. The lowest BCUT2D eigenvalue weighted by Gasteiger charge is -2.44. The van der Waals surface area contributed by atoms with Gasteiger partial charge in [0.25, 0.3) is 8.32 Å². The number of aliphatic hydroxyl groups excluding tert-OH is 1. The minimum Gasteiger partial charge on any atom is -0.403 e. The van der Waals surface area contributed by atoms with E-state index < -0.39 is 8.32 Å². The maximum atomic E-state index is 10.1. The van der Waals surface area contributed by atoms with Gasteiger partial charge >= 0.3 is 0 Å². The monoisotopic (exact) mass is 397 g/mol. The van der Waals surface area contributed by atoms with Crippen LogP contribution in [0.25, 0.3) is 0 Å². The second-order valence-corrected chi connectivity index (χ2v) is 13.5. The zero-order valence-electron chi connectivity index (χ0n) is 18.0. The first-order chi connectivity index (χ1) is 13.3. The molecule has 0 bridgehead atoms. The quantitative estimate of drug-likeness (QED) is 0.758. The van der Waals surface area contributed by atoms with Crippen molar-refractivity contribution in [1.29, 1.82) is 0 Å². The molecule has 1 saturated heterocycles. The first kappa shape index (κ1) is 21.3. The molecular formula is C24H35NO2Si. The lowest BCUT2D eigenvalue weighted by Crippen LogP contribution is -2.67. The summed E-state index contributed by atoms with van der Waals surface area (Å²) in [5, 5.41) is 12.7. The summed E-state index contributed by atoms with van der Waals surface area (Å²) in [6.07, 6.45) is 1.92.